The Bertz CT molecular complexity index is 616. The molecule has 1 aliphatic rings. The molecule has 0 bridgehead atoms. The zero-order valence-corrected chi connectivity index (χ0v) is 12.1. The normalized spacial score (nSPS) is 13.9. The van der Waals surface area contributed by atoms with Crippen LogP contribution < -0.4 is 0 Å². The number of rotatable bonds is 2. The molecule has 2 heterocycles. The Morgan fingerprint density at radius 1 is 1.30 bits per heavy atom. The van der Waals surface area contributed by atoms with Crippen LogP contribution in [0.2, 0.25) is 0 Å². The third-order valence-electron chi connectivity index (χ3n) is 3.53. The van der Waals surface area contributed by atoms with Crippen molar-refractivity contribution in [3.8, 4) is 0 Å². The van der Waals surface area contributed by atoms with Crippen molar-refractivity contribution in [2.45, 2.75) is 17.9 Å². The molecule has 0 spiro atoms. The van der Waals surface area contributed by atoms with Crippen LogP contribution in [0.15, 0.2) is 41.4 Å². The van der Waals surface area contributed by atoms with Crippen LogP contribution in [-0.2, 0) is 13.0 Å². The molecule has 4 nitrogen and oxygen atoms in total. The zero-order valence-electron chi connectivity index (χ0n) is 11.2. The lowest BCUT2D eigenvalue weighted by molar-refractivity contribution is 0.0726. The van der Waals surface area contributed by atoms with E-state index in [1.807, 2.05) is 4.90 Å². The maximum atomic E-state index is 12.4. The van der Waals surface area contributed by atoms with Crippen LogP contribution in [0.25, 0.3) is 0 Å². The Balaban J connectivity index is 1.87. The molecule has 0 atom stereocenters. The van der Waals surface area contributed by atoms with Crippen molar-refractivity contribution in [1.29, 1.82) is 0 Å². The number of nitrogens with zero attached hydrogens (tertiary/aromatic N) is 3. The van der Waals surface area contributed by atoms with Gasteiger partial charge < -0.3 is 4.90 Å². The van der Waals surface area contributed by atoms with E-state index in [0.717, 1.165) is 13.0 Å². The summed E-state index contributed by atoms with van der Waals surface area (Å²) in [6.45, 7) is 1.39. The van der Waals surface area contributed by atoms with E-state index in [1.54, 1.807) is 30.1 Å². The van der Waals surface area contributed by atoms with Crippen LogP contribution in [0, 0.1) is 0 Å². The van der Waals surface area contributed by atoms with Crippen molar-refractivity contribution in [2.75, 3.05) is 12.8 Å². The number of carbonyl (C=O) groups excluding carboxylic acids is 1. The van der Waals surface area contributed by atoms with Gasteiger partial charge in [-0.2, -0.15) is 5.10 Å². The van der Waals surface area contributed by atoms with Crippen LogP contribution in [0.5, 0.6) is 0 Å². The lowest BCUT2D eigenvalue weighted by Crippen LogP contribution is -2.36. The largest absolute Gasteiger partial charge is 0.333 e. The third kappa shape index (κ3) is 2.41. The Labute approximate surface area is 122 Å². The molecule has 20 heavy (non-hydrogen) atoms. The molecule has 2 aromatic rings. The predicted octanol–water partition coefficient (Wildman–Crippen LogP) is 2.40. The van der Waals surface area contributed by atoms with E-state index in [-0.39, 0.29) is 5.91 Å². The number of hydrogen-bond acceptors (Lipinski definition) is 4. The van der Waals surface area contributed by atoms with E-state index in [9.17, 15) is 4.79 Å². The van der Waals surface area contributed by atoms with E-state index in [4.69, 9.17) is 0 Å². The molecule has 0 saturated carbocycles. The summed E-state index contributed by atoms with van der Waals surface area (Å²) in [5.41, 5.74) is 3.03. The molecule has 0 aliphatic carbocycles. The Morgan fingerprint density at radius 2 is 2.20 bits per heavy atom. The Kier molecular flexibility index (Phi) is 3.69. The Morgan fingerprint density at radius 3 is 2.95 bits per heavy atom. The number of carbonyl (C=O) groups is 1. The molecule has 0 unspecified atom stereocenters. The molecule has 1 aromatic heterocycles. The highest BCUT2D eigenvalue weighted by Gasteiger charge is 2.24. The van der Waals surface area contributed by atoms with Gasteiger partial charge in [0.25, 0.3) is 5.91 Å². The number of hydrogen-bond donors (Lipinski definition) is 0. The quantitative estimate of drug-likeness (QED) is 0.795. The molecule has 1 aromatic carbocycles. The summed E-state index contributed by atoms with van der Waals surface area (Å²) in [7, 11) is 0. The highest BCUT2D eigenvalue weighted by Crippen LogP contribution is 2.28. The van der Waals surface area contributed by atoms with Gasteiger partial charge in [0, 0.05) is 24.2 Å². The summed E-state index contributed by atoms with van der Waals surface area (Å²) in [5, 5.41) is 7.68. The first-order chi connectivity index (χ1) is 9.79. The topological polar surface area (TPSA) is 46.1 Å². The number of thioether (sulfide) groups is 1. The van der Waals surface area contributed by atoms with Gasteiger partial charge in [-0.3, -0.25) is 4.79 Å². The summed E-state index contributed by atoms with van der Waals surface area (Å²) in [6, 6.07) is 9.81. The average molecular weight is 285 g/mol. The van der Waals surface area contributed by atoms with Gasteiger partial charge in [0.15, 0.2) is 5.69 Å². The number of fused-ring (bicyclic) bond motifs is 1. The lowest BCUT2D eigenvalue weighted by Gasteiger charge is -2.29. The van der Waals surface area contributed by atoms with E-state index in [1.165, 1.54) is 16.0 Å². The molecule has 1 aliphatic heterocycles. The molecule has 0 radical (unpaired) electrons. The molecule has 5 heteroatoms. The van der Waals surface area contributed by atoms with Crippen molar-refractivity contribution in [3.05, 3.63) is 53.3 Å². The van der Waals surface area contributed by atoms with Gasteiger partial charge in [-0.1, -0.05) is 12.1 Å². The maximum absolute atomic E-state index is 12.4. The van der Waals surface area contributed by atoms with Gasteiger partial charge in [0.1, 0.15) is 0 Å². The SMILES string of the molecule is CSc1cccc2c1CN(C(=O)c1cccnn1)CC2. The van der Waals surface area contributed by atoms with Crippen molar-refractivity contribution in [3.63, 3.8) is 0 Å². The number of amides is 1. The van der Waals surface area contributed by atoms with Crippen molar-refractivity contribution >= 4 is 17.7 Å². The van der Waals surface area contributed by atoms with Gasteiger partial charge in [0.2, 0.25) is 0 Å². The zero-order chi connectivity index (χ0) is 13.9. The number of benzene rings is 1. The van der Waals surface area contributed by atoms with Gasteiger partial charge in [-0.15, -0.1) is 16.9 Å². The minimum absolute atomic E-state index is 0.0420. The standard InChI is InChI=1S/C15H15N3OS/c1-20-14-6-2-4-11-7-9-18(10-12(11)14)15(19)13-5-3-8-16-17-13/h2-6,8H,7,9-10H2,1H3. The summed E-state index contributed by atoms with van der Waals surface area (Å²) >= 11 is 1.73. The van der Waals surface area contributed by atoms with Crippen LogP contribution in [0.3, 0.4) is 0 Å². The predicted molar refractivity (Wildman–Crippen MR) is 78.7 cm³/mol. The highest BCUT2D eigenvalue weighted by atomic mass is 32.2. The second kappa shape index (κ2) is 5.63. The molecule has 0 fully saturated rings. The number of aromatic nitrogens is 2. The van der Waals surface area contributed by atoms with Gasteiger partial charge in [0.05, 0.1) is 0 Å². The van der Waals surface area contributed by atoms with E-state index in [2.05, 4.69) is 34.7 Å². The van der Waals surface area contributed by atoms with Crippen molar-refractivity contribution < 1.29 is 4.79 Å². The third-order valence-corrected chi connectivity index (χ3v) is 4.35. The summed E-state index contributed by atoms with van der Waals surface area (Å²) in [4.78, 5) is 15.5. The molecule has 1 amide bonds. The lowest BCUT2D eigenvalue weighted by atomic mass is 9.99. The fraction of sp³-hybridized carbons (Fsp3) is 0.267. The highest BCUT2D eigenvalue weighted by molar-refractivity contribution is 7.98. The van der Waals surface area contributed by atoms with Crippen LogP contribution in [0.4, 0.5) is 0 Å². The van der Waals surface area contributed by atoms with Crippen molar-refractivity contribution in [1.82, 2.24) is 15.1 Å². The summed E-state index contributed by atoms with van der Waals surface area (Å²) < 4.78 is 0. The molecule has 0 N–H and O–H groups in total. The van der Waals surface area contributed by atoms with E-state index >= 15 is 0 Å². The van der Waals surface area contributed by atoms with Crippen molar-refractivity contribution in [2.24, 2.45) is 0 Å². The van der Waals surface area contributed by atoms with Crippen LogP contribution in [0.1, 0.15) is 21.6 Å². The maximum Gasteiger partial charge on any atom is 0.274 e. The first kappa shape index (κ1) is 13.1. The minimum atomic E-state index is -0.0420. The monoisotopic (exact) mass is 285 g/mol. The summed E-state index contributed by atoms with van der Waals surface area (Å²) in [5.74, 6) is -0.0420. The minimum Gasteiger partial charge on any atom is -0.333 e. The van der Waals surface area contributed by atoms with Crippen LogP contribution in [-0.4, -0.2) is 33.8 Å². The first-order valence-corrected chi connectivity index (χ1v) is 7.74. The summed E-state index contributed by atoms with van der Waals surface area (Å²) in [6.07, 6.45) is 4.54. The first-order valence-electron chi connectivity index (χ1n) is 6.51. The fourth-order valence-electron chi connectivity index (χ4n) is 2.49. The van der Waals surface area contributed by atoms with Gasteiger partial charge in [-0.25, -0.2) is 0 Å². The smallest absolute Gasteiger partial charge is 0.274 e. The molecule has 0 saturated heterocycles. The van der Waals surface area contributed by atoms with Crippen LogP contribution >= 0.6 is 11.8 Å². The van der Waals surface area contributed by atoms with E-state index < -0.39 is 0 Å². The second-order valence-corrected chi connectivity index (χ2v) is 5.53. The second-order valence-electron chi connectivity index (χ2n) is 4.68. The average Bonchev–Trinajstić information content (AvgIpc) is 2.54. The molecule has 102 valence electrons. The fourth-order valence-corrected chi connectivity index (χ4v) is 3.15. The van der Waals surface area contributed by atoms with Gasteiger partial charge in [-0.05, 0) is 42.0 Å². The Hall–Kier alpha value is -1.88. The molecular formula is C15H15N3OS. The molecular weight excluding hydrogens is 270 g/mol. The van der Waals surface area contributed by atoms with Gasteiger partial charge >= 0.3 is 0 Å². The molecule has 3 rings (SSSR count). The van der Waals surface area contributed by atoms with E-state index in [0.29, 0.717) is 12.2 Å².